The molecule has 4 saturated heterocycles. The first-order valence-corrected chi connectivity index (χ1v) is 30.0. The summed E-state index contributed by atoms with van der Waals surface area (Å²) in [7, 11) is 0. The van der Waals surface area contributed by atoms with E-state index in [9.17, 15) is 0 Å². The monoisotopic (exact) mass is 1030 g/mol. The average molecular weight is 1030 g/mol. The van der Waals surface area contributed by atoms with E-state index < -0.39 is 0 Å². The molecule has 4 heterocycles. The van der Waals surface area contributed by atoms with Crippen molar-refractivity contribution in [1.82, 2.24) is 0 Å². The molecule has 3 aliphatic carbocycles. The van der Waals surface area contributed by atoms with Gasteiger partial charge in [0.2, 0.25) is 0 Å². The van der Waals surface area contributed by atoms with Gasteiger partial charge in [-0.15, -0.1) is 0 Å². The number of allylic oxidation sites excluding steroid dienone is 4. The third-order valence-corrected chi connectivity index (χ3v) is 15.6. The van der Waals surface area contributed by atoms with Gasteiger partial charge in [-0.25, -0.2) is 0 Å². The Bertz CT molecular complexity index is 1470. The molecule has 0 bridgehead atoms. The third-order valence-electron chi connectivity index (χ3n) is 15.6. The lowest BCUT2D eigenvalue weighted by molar-refractivity contribution is -0.187. The van der Waals surface area contributed by atoms with Crippen molar-refractivity contribution in [3.05, 3.63) is 93.1 Å². The van der Waals surface area contributed by atoms with Crippen molar-refractivity contribution in [3.63, 3.8) is 0 Å². The summed E-state index contributed by atoms with van der Waals surface area (Å²) in [5.41, 5.74) is 11.5. The number of hydrogen-bond donors (Lipinski definition) is 0. The van der Waals surface area contributed by atoms with Crippen molar-refractivity contribution >= 4 is 0 Å². The van der Waals surface area contributed by atoms with Gasteiger partial charge in [-0.1, -0.05) is 152 Å². The quantitative estimate of drug-likeness (QED) is 0.245. The van der Waals surface area contributed by atoms with Crippen LogP contribution >= 0.6 is 0 Å². The predicted molar refractivity (Wildman–Crippen MR) is 320 cm³/mol. The van der Waals surface area contributed by atoms with E-state index in [0.29, 0.717) is 24.0 Å². The molecule has 0 radical (unpaired) electrons. The first-order valence-electron chi connectivity index (χ1n) is 30.0. The molecular weight excluding hydrogens is 913 g/mol. The minimum Gasteiger partial charge on any atom is -0.378 e. The summed E-state index contributed by atoms with van der Waals surface area (Å²) < 4.78 is 31.5. The van der Waals surface area contributed by atoms with Gasteiger partial charge in [0.05, 0.1) is 38.6 Å². The molecular formula is C68H120O6. The van der Waals surface area contributed by atoms with Gasteiger partial charge >= 0.3 is 0 Å². The van der Waals surface area contributed by atoms with Gasteiger partial charge in [0, 0.05) is 25.0 Å². The van der Waals surface area contributed by atoms with E-state index in [1.807, 2.05) is 13.8 Å². The minimum absolute atomic E-state index is 0.0196. The van der Waals surface area contributed by atoms with E-state index in [-0.39, 0.29) is 12.6 Å². The molecule has 0 aromatic heterocycles. The first-order chi connectivity index (χ1) is 34.9. The van der Waals surface area contributed by atoms with Crippen LogP contribution in [0.25, 0.3) is 0 Å². The van der Waals surface area contributed by atoms with Crippen LogP contribution in [-0.2, 0) is 28.4 Å². The normalized spacial score (nSPS) is 30.3. The summed E-state index contributed by atoms with van der Waals surface area (Å²) in [4.78, 5) is 0. The van der Waals surface area contributed by atoms with E-state index in [1.165, 1.54) is 123 Å². The lowest BCUT2D eigenvalue weighted by Gasteiger charge is -2.24. The number of benzene rings is 2. The second-order valence-corrected chi connectivity index (χ2v) is 24.7. The smallest absolute Gasteiger partial charge is 0.154 e. The molecule has 74 heavy (non-hydrogen) atoms. The Hall–Kier alpha value is -2.32. The minimum atomic E-state index is 0.0196. The first kappa shape index (κ1) is 69.7. The average Bonchev–Trinajstić information content (AvgIpc) is 3.38. The zero-order valence-electron chi connectivity index (χ0n) is 52.1. The lowest BCUT2D eigenvalue weighted by atomic mass is 9.84. The molecule has 0 amide bonds. The fraction of sp³-hybridized carbons (Fsp3) is 0.765. The molecule has 4 aliphatic heterocycles. The molecule has 1 saturated carbocycles. The van der Waals surface area contributed by atoms with E-state index in [1.54, 1.807) is 11.1 Å². The zero-order valence-corrected chi connectivity index (χ0v) is 52.1. The number of rotatable bonds is 0. The summed E-state index contributed by atoms with van der Waals surface area (Å²) in [6.45, 7) is 48.9. The summed E-state index contributed by atoms with van der Waals surface area (Å²) in [5, 5.41) is 0. The van der Waals surface area contributed by atoms with Gasteiger partial charge in [0.1, 0.15) is 0 Å². The van der Waals surface area contributed by atoms with Crippen LogP contribution in [0.2, 0.25) is 0 Å². The standard InChI is InChI=1S/C10H14.C8H16.2C8H14.C8H10.2C7H14O.2C6H12O2/c1-7-5-6-8(2)10(4)9(7)3;4*1-7-3-5-8(2)6-4-7;2*1-6-3-4-7(2)8-5-6;2*1-5-3-7-6(2)8-4-5/h5-6H,1-4H3;7-8H,3-6H2,1-2H3;2*3,8H,4-6H2,1-2H3;3-6H,1-2H3;2*6-7H,3-5H2,1-2H3;2*5-6H,3-4H2,1-2H3. The highest BCUT2D eigenvalue weighted by Crippen LogP contribution is 2.27. The van der Waals surface area contributed by atoms with Gasteiger partial charge in [-0.3, -0.25) is 0 Å². The van der Waals surface area contributed by atoms with Gasteiger partial charge in [0.25, 0.3) is 0 Å². The third kappa shape index (κ3) is 36.7. The van der Waals surface area contributed by atoms with Crippen LogP contribution in [0.4, 0.5) is 0 Å². The van der Waals surface area contributed by atoms with Gasteiger partial charge in [-0.05, 0) is 205 Å². The van der Waals surface area contributed by atoms with Crippen LogP contribution in [0, 0.1) is 88.9 Å². The van der Waals surface area contributed by atoms with E-state index in [4.69, 9.17) is 28.4 Å². The topological polar surface area (TPSA) is 55.4 Å². The van der Waals surface area contributed by atoms with E-state index in [2.05, 4.69) is 173 Å². The molecule has 0 spiro atoms. The molecule has 0 N–H and O–H groups in total. The fourth-order valence-electron chi connectivity index (χ4n) is 8.77. The molecule has 6 heteroatoms. The Labute approximate surface area is 459 Å². The molecule has 9 rings (SSSR count). The summed E-state index contributed by atoms with van der Waals surface area (Å²) in [6, 6.07) is 12.8. The predicted octanol–water partition coefficient (Wildman–Crippen LogP) is 19.2. The van der Waals surface area contributed by atoms with Crippen LogP contribution in [0.1, 0.15) is 220 Å². The molecule has 6 atom stereocenters. The van der Waals surface area contributed by atoms with Crippen LogP contribution in [0.3, 0.4) is 0 Å². The van der Waals surface area contributed by atoms with Gasteiger partial charge < -0.3 is 28.4 Å². The van der Waals surface area contributed by atoms with Crippen molar-refractivity contribution in [1.29, 1.82) is 0 Å². The van der Waals surface area contributed by atoms with Gasteiger partial charge in [-0.2, -0.15) is 0 Å². The van der Waals surface area contributed by atoms with E-state index in [0.717, 1.165) is 75.1 Å². The number of hydrogen-bond acceptors (Lipinski definition) is 6. The molecule has 2 aromatic carbocycles. The van der Waals surface area contributed by atoms with Crippen LogP contribution in [0.5, 0.6) is 0 Å². The van der Waals surface area contributed by atoms with Crippen molar-refractivity contribution in [2.24, 2.45) is 47.3 Å². The summed E-state index contributed by atoms with van der Waals surface area (Å²) in [5.74, 6) is 6.67. The Morgan fingerprint density at radius 1 is 0.297 bits per heavy atom. The van der Waals surface area contributed by atoms with Crippen molar-refractivity contribution < 1.29 is 28.4 Å². The molecule has 6 unspecified atom stereocenters. The molecule has 5 fully saturated rings. The van der Waals surface area contributed by atoms with Crippen LogP contribution in [0.15, 0.2) is 59.7 Å². The van der Waals surface area contributed by atoms with Crippen LogP contribution < -0.4 is 0 Å². The Morgan fingerprint density at radius 2 is 0.581 bits per heavy atom. The van der Waals surface area contributed by atoms with Crippen molar-refractivity contribution in [2.45, 2.75) is 253 Å². The van der Waals surface area contributed by atoms with Crippen molar-refractivity contribution in [3.8, 4) is 0 Å². The maximum absolute atomic E-state index is 5.39. The maximum Gasteiger partial charge on any atom is 0.154 e. The fourth-order valence-corrected chi connectivity index (χ4v) is 8.77. The van der Waals surface area contributed by atoms with E-state index >= 15 is 0 Å². The van der Waals surface area contributed by atoms with Gasteiger partial charge in [0.15, 0.2) is 12.6 Å². The SMILES string of the molecule is CC1=CCC(C)CC1.CC1=CCC(C)CC1.CC1CCC(C)CC1.CC1CCC(C)OC1.CC1CCC(C)OC1.CC1COC(C)OC1.CC1COC(C)OC1.Cc1ccc(C)c(C)c1C.Cc1ccc(C)cc1. The highest BCUT2D eigenvalue weighted by molar-refractivity contribution is 5.37. The maximum atomic E-state index is 5.39. The van der Waals surface area contributed by atoms with Crippen molar-refractivity contribution in [2.75, 3.05) is 39.6 Å². The molecule has 428 valence electrons. The number of ether oxygens (including phenoxy) is 6. The molecule has 7 aliphatic rings. The second kappa shape index (κ2) is 40.8. The molecule has 2 aromatic rings. The largest absolute Gasteiger partial charge is 0.378 e. The summed E-state index contributed by atoms with van der Waals surface area (Å²) in [6.07, 6.45) is 25.0. The second-order valence-electron chi connectivity index (χ2n) is 24.7. The Balaban J connectivity index is 0.000000417. The Kier molecular flexibility index (Phi) is 38.5. The number of aryl methyl sites for hydroxylation is 4. The lowest BCUT2D eigenvalue weighted by Crippen LogP contribution is -2.27. The zero-order chi connectivity index (χ0) is 55.6. The van der Waals surface area contributed by atoms with Crippen LogP contribution in [-0.4, -0.2) is 64.4 Å². The summed E-state index contributed by atoms with van der Waals surface area (Å²) >= 11 is 0. The highest BCUT2D eigenvalue weighted by Gasteiger charge is 2.17. The highest BCUT2D eigenvalue weighted by atomic mass is 16.7. The Morgan fingerprint density at radius 3 is 0.797 bits per heavy atom. The molecule has 6 nitrogen and oxygen atoms in total.